The number of hydrogen-bond donors (Lipinski definition) is 3. The van der Waals surface area contributed by atoms with Gasteiger partial charge in [0.05, 0.1) is 17.6 Å². The largest absolute Gasteiger partial charge is 0.327 e. The average molecular weight is 270 g/mol. The van der Waals surface area contributed by atoms with Crippen molar-refractivity contribution in [3.05, 3.63) is 24.4 Å². The van der Waals surface area contributed by atoms with Crippen LogP contribution in [-0.4, -0.2) is 22.1 Å². The molecule has 2 saturated carbocycles. The molecule has 1 aromatic heterocycles. The van der Waals surface area contributed by atoms with Gasteiger partial charge in [-0.2, -0.15) is 5.10 Å². The van der Waals surface area contributed by atoms with Crippen LogP contribution in [0.25, 0.3) is 10.9 Å². The summed E-state index contributed by atoms with van der Waals surface area (Å²) in [5.41, 5.74) is 7.95. The number of benzene rings is 1. The van der Waals surface area contributed by atoms with Gasteiger partial charge in [-0.3, -0.25) is 9.89 Å². The molecule has 0 radical (unpaired) electrons. The molecule has 1 aromatic carbocycles. The number of nitrogens with zero attached hydrogens (tertiary/aromatic N) is 1. The van der Waals surface area contributed by atoms with E-state index in [1.54, 1.807) is 6.20 Å². The highest BCUT2D eigenvalue weighted by Crippen LogP contribution is 2.47. The molecule has 4 unspecified atom stereocenters. The Morgan fingerprint density at radius 3 is 3.00 bits per heavy atom. The number of anilines is 1. The third-order valence-electron chi connectivity index (χ3n) is 4.99. The minimum absolute atomic E-state index is 0.0220. The molecule has 20 heavy (non-hydrogen) atoms. The molecule has 2 aromatic rings. The van der Waals surface area contributed by atoms with Gasteiger partial charge >= 0.3 is 0 Å². The van der Waals surface area contributed by atoms with E-state index >= 15 is 0 Å². The molecule has 5 heteroatoms. The molecular formula is C15H18N4O. The van der Waals surface area contributed by atoms with Gasteiger partial charge in [-0.25, -0.2) is 0 Å². The smallest absolute Gasteiger partial charge is 0.229 e. The Bertz CT molecular complexity index is 663. The van der Waals surface area contributed by atoms with Crippen LogP contribution in [0.4, 0.5) is 5.69 Å². The molecule has 1 amide bonds. The van der Waals surface area contributed by atoms with Crippen LogP contribution >= 0.6 is 0 Å². The van der Waals surface area contributed by atoms with E-state index in [-0.39, 0.29) is 17.9 Å². The number of nitrogens with one attached hydrogen (secondary N) is 2. The van der Waals surface area contributed by atoms with Crippen LogP contribution in [0.2, 0.25) is 0 Å². The lowest BCUT2D eigenvalue weighted by atomic mass is 9.84. The predicted octanol–water partition coefficient (Wildman–Crippen LogP) is 1.87. The molecule has 2 aliphatic carbocycles. The average Bonchev–Trinajstić information content (AvgIpc) is 3.12. The Morgan fingerprint density at radius 1 is 1.35 bits per heavy atom. The van der Waals surface area contributed by atoms with Crippen LogP contribution in [0.1, 0.15) is 19.3 Å². The summed E-state index contributed by atoms with van der Waals surface area (Å²) in [5.74, 6) is 1.08. The molecule has 0 spiro atoms. The van der Waals surface area contributed by atoms with Gasteiger partial charge in [0.1, 0.15) is 0 Å². The van der Waals surface area contributed by atoms with Gasteiger partial charge in [-0.15, -0.1) is 0 Å². The lowest BCUT2D eigenvalue weighted by Crippen LogP contribution is -2.42. The van der Waals surface area contributed by atoms with E-state index in [0.29, 0.717) is 11.8 Å². The minimum atomic E-state index is -0.0220. The lowest BCUT2D eigenvalue weighted by Gasteiger charge is -2.27. The molecule has 0 saturated heterocycles. The van der Waals surface area contributed by atoms with Crippen molar-refractivity contribution in [3.8, 4) is 0 Å². The number of aromatic nitrogens is 2. The highest BCUT2D eigenvalue weighted by atomic mass is 16.2. The van der Waals surface area contributed by atoms with Gasteiger partial charge < -0.3 is 11.1 Å². The van der Waals surface area contributed by atoms with E-state index in [2.05, 4.69) is 15.5 Å². The van der Waals surface area contributed by atoms with Crippen LogP contribution in [0, 0.1) is 17.8 Å². The van der Waals surface area contributed by atoms with Crippen LogP contribution in [0.3, 0.4) is 0 Å². The number of fused-ring (bicyclic) bond motifs is 3. The molecule has 0 aliphatic heterocycles. The maximum Gasteiger partial charge on any atom is 0.229 e. The van der Waals surface area contributed by atoms with Crippen LogP contribution in [0.5, 0.6) is 0 Å². The first-order valence-corrected chi connectivity index (χ1v) is 7.22. The fourth-order valence-corrected chi connectivity index (χ4v) is 3.97. The van der Waals surface area contributed by atoms with Gasteiger partial charge in [0, 0.05) is 17.1 Å². The quantitative estimate of drug-likeness (QED) is 0.779. The first-order valence-electron chi connectivity index (χ1n) is 7.22. The highest BCUT2D eigenvalue weighted by molar-refractivity contribution is 5.95. The Hall–Kier alpha value is -1.88. The van der Waals surface area contributed by atoms with Gasteiger partial charge in [0.2, 0.25) is 5.91 Å². The molecule has 2 aliphatic rings. The van der Waals surface area contributed by atoms with Gasteiger partial charge in [0.25, 0.3) is 0 Å². The Balaban J connectivity index is 1.54. The second kappa shape index (κ2) is 4.31. The van der Waals surface area contributed by atoms with E-state index in [4.69, 9.17) is 5.73 Å². The van der Waals surface area contributed by atoms with E-state index in [9.17, 15) is 4.79 Å². The van der Waals surface area contributed by atoms with Crippen molar-refractivity contribution in [1.29, 1.82) is 0 Å². The summed E-state index contributed by atoms with van der Waals surface area (Å²) in [5, 5.41) is 11.0. The first kappa shape index (κ1) is 11.9. The van der Waals surface area contributed by atoms with Gasteiger partial charge in [-0.05, 0) is 49.3 Å². The van der Waals surface area contributed by atoms with Crippen molar-refractivity contribution in [2.75, 3.05) is 5.32 Å². The van der Waals surface area contributed by atoms with Gasteiger partial charge in [-0.1, -0.05) is 0 Å². The molecule has 4 rings (SSSR count). The highest BCUT2D eigenvalue weighted by Gasteiger charge is 2.49. The third-order valence-corrected chi connectivity index (χ3v) is 4.99. The maximum atomic E-state index is 12.5. The number of carbonyl (C=O) groups is 1. The van der Waals surface area contributed by atoms with Crippen molar-refractivity contribution in [2.45, 2.75) is 25.3 Å². The fourth-order valence-electron chi connectivity index (χ4n) is 3.97. The second-order valence-corrected chi connectivity index (χ2v) is 6.10. The molecule has 104 valence electrons. The number of hydrogen-bond acceptors (Lipinski definition) is 3. The zero-order chi connectivity index (χ0) is 13.7. The Labute approximate surface area is 116 Å². The lowest BCUT2D eigenvalue weighted by molar-refractivity contribution is -0.121. The maximum absolute atomic E-state index is 12.5. The van der Waals surface area contributed by atoms with E-state index in [0.717, 1.165) is 29.4 Å². The Morgan fingerprint density at radius 2 is 2.20 bits per heavy atom. The first-order chi connectivity index (χ1) is 9.72. The molecule has 2 bridgehead atoms. The molecule has 5 nitrogen and oxygen atoms in total. The van der Waals surface area contributed by atoms with Crippen molar-refractivity contribution >= 4 is 22.5 Å². The number of rotatable bonds is 2. The third kappa shape index (κ3) is 1.73. The topological polar surface area (TPSA) is 83.8 Å². The fraction of sp³-hybridized carbons (Fsp3) is 0.467. The van der Waals surface area contributed by atoms with Crippen LogP contribution in [0.15, 0.2) is 24.4 Å². The molecule has 4 atom stereocenters. The minimum Gasteiger partial charge on any atom is -0.327 e. The number of carbonyl (C=O) groups excluding carboxylic acids is 1. The second-order valence-electron chi connectivity index (χ2n) is 6.10. The summed E-state index contributed by atoms with van der Waals surface area (Å²) in [4.78, 5) is 12.5. The van der Waals surface area contributed by atoms with Gasteiger partial charge in [0.15, 0.2) is 0 Å². The van der Waals surface area contributed by atoms with Crippen molar-refractivity contribution in [1.82, 2.24) is 10.2 Å². The molecular weight excluding hydrogens is 252 g/mol. The van der Waals surface area contributed by atoms with Crippen molar-refractivity contribution in [3.63, 3.8) is 0 Å². The van der Waals surface area contributed by atoms with Crippen LogP contribution in [-0.2, 0) is 4.79 Å². The molecule has 4 N–H and O–H groups in total. The summed E-state index contributed by atoms with van der Waals surface area (Å²) in [6.45, 7) is 0. The van der Waals surface area contributed by atoms with E-state index in [1.165, 1.54) is 6.42 Å². The number of amides is 1. The normalized spacial score (nSPS) is 31.9. The van der Waals surface area contributed by atoms with E-state index < -0.39 is 0 Å². The zero-order valence-electron chi connectivity index (χ0n) is 11.2. The summed E-state index contributed by atoms with van der Waals surface area (Å²) < 4.78 is 0. The summed E-state index contributed by atoms with van der Waals surface area (Å²) in [7, 11) is 0. The summed E-state index contributed by atoms with van der Waals surface area (Å²) >= 11 is 0. The number of nitrogens with two attached hydrogens (primary N) is 1. The van der Waals surface area contributed by atoms with Crippen LogP contribution < -0.4 is 11.1 Å². The van der Waals surface area contributed by atoms with Crippen molar-refractivity contribution in [2.24, 2.45) is 23.5 Å². The number of H-pyrrole nitrogens is 1. The standard InChI is InChI=1S/C15H18N4O/c16-14-9-2-1-8(5-9)13(14)15(20)18-11-4-3-10-7-17-19-12(10)6-11/h3-4,6-9,13-14H,1-2,5,16H2,(H,17,19)(H,18,20). The Kier molecular flexibility index (Phi) is 2.57. The SMILES string of the molecule is NC1C2CCC(C2)C1C(=O)Nc1ccc2cn[nH]c2c1. The summed E-state index contributed by atoms with van der Waals surface area (Å²) in [6.07, 6.45) is 5.23. The van der Waals surface area contributed by atoms with E-state index in [1.807, 2.05) is 18.2 Å². The monoisotopic (exact) mass is 270 g/mol. The summed E-state index contributed by atoms with van der Waals surface area (Å²) in [6, 6.07) is 5.81. The molecule has 2 fully saturated rings. The number of aromatic amines is 1. The predicted molar refractivity (Wildman–Crippen MR) is 77.0 cm³/mol. The van der Waals surface area contributed by atoms with Crippen molar-refractivity contribution < 1.29 is 4.79 Å². The molecule has 1 heterocycles. The zero-order valence-corrected chi connectivity index (χ0v) is 11.2.